The molecule has 8 heteroatoms. The van der Waals surface area contributed by atoms with Gasteiger partial charge < -0.3 is 24.4 Å². The summed E-state index contributed by atoms with van der Waals surface area (Å²) in [5, 5.41) is 10.7. The van der Waals surface area contributed by atoms with Gasteiger partial charge in [-0.15, -0.1) is 0 Å². The molecule has 41 heavy (non-hydrogen) atoms. The lowest BCUT2D eigenvalue weighted by Gasteiger charge is -2.45. The van der Waals surface area contributed by atoms with Gasteiger partial charge in [-0.1, -0.05) is 75.4 Å². The molecule has 4 aliphatic rings. The number of hydrogen-bond donors (Lipinski definition) is 1. The average Bonchev–Trinajstić information content (AvgIpc) is 3.28. The summed E-state index contributed by atoms with van der Waals surface area (Å²) in [6, 6.07) is 7.40. The molecule has 0 aliphatic carbocycles. The highest BCUT2D eigenvalue weighted by Crippen LogP contribution is 2.55. The van der Waals surface area contributed by atoms with Crippen molar-refractivity contribution in [1.82, 2.24) is 9.80 Å². The average molecular weight is 565 g/mol. The van der Waals surface area contributed by atoms with E-state index in [0.29, 0.717) is 12.1 Å². The second-order valence-electron chi connectivity index (χ2n) is 13.7. The normalized spacial score (nSPS) is 32.1. The van der Waals surface area contributed by atoms with Crippen molar-refractivity contribution < 1.29 is 29.0 Å². The summed E-state index contributed by atoms with van der Waals surface area (Å²) in [5.74, 6) is -2.95. The first-order chi connectivity index (χ1) is 19.4. The van der Waals surface area contributed by atoms with Gasteiger partial charge >= 0.3 is 5.97 Å². The van der Waals surface area contributed by atoms with E-state index in [1.54, 1.807) is 0 Å². The van der Waals surface area contributed by atoms with Crippen molar-refractivity contribution in [2.75, 3.05) is 19.8 Å². The summed E-state index contributed by atoms with van der Waals surface area (Å²) in [7, 11) is 0. The van der Waals surface area contributed by atoms with E-state index in [-0.39, 0.29) is 30.4 Å². The molecule has 4 heterocycles. The molecule has 1 aromatic carbocycles. The number of rotatable bonds is 5. The number of fused-ring (bicyclic) bond motifs is 2. The molecular formula is C33H44N2O6. The highest BCUT2D eigenvalue weighted by molar-refractivity contribution is 5.99. The highest BCUT2D eigenvalue weighted by Gasteiger charge is 2.73. The Morgan fingerprint density at radius 2 is 1.76 bits per heavy atom. The number of amides is 2. The van der Waals surface area contributed by atoms with Gasteiger partial charge in [0.2, 0.25) is 11.8 Å². The Labute approximate surface area is 243 Å². The first kappa shape index (κ1) is 29.5. The van der Waals surface area contributed by atoms with Gasteiger partial charge in [0.05, 0.1) is 31.3 Å². The van der Waals surface area contributed by atoms with Crippen molar-refractivity contribution in [2.45, 2.75) is 89.6 Å². The van der Waals surface area contributed by atoms with Crippen LogP contribution < -0.4 is 0 Å². The predicted octanol–water partition coefficient (Wildman–Crippen LogP) is 4.20. The lowest BCUT2D eigenvalue weighted by Crippen LogP contribution is -2.60. The molecule has 1 unspecified atom stereocenters. The van der Waals surface area contributed by atoms with Crippen molar-refractivity contribution in [2.24, 2.45) is 17.3 Å². The Hall–Kier alpha value is -2.97. The van der Waals surface area contributed by atoms with Crippen molar-refractivity contribution in [3.63, 3.8) is 0 Å². The molecule has 0 saturated carbocycles. The molecule has 0 aromatic heterocycles. The maximum atomic E-state index is 14.8. The monoisotopic (exact) mass is 564 g/mol. The fourth-order valence-corrected chi connectivity index (χ4v) is 7.66. The van der Waals surface area contributed by atoms with Gasteiger partial charge in [-0.05, 0) is 50.5 Å². The summed E-state index contributed by atoms with van der Waals surface area (Å²) in [5.41, 5.74) is -1.25. The number of aliphatic hydroxyl groups is 1. The van der Waals surface area contributed by atoms with E-state index in [0.717, 1.165) is 25.7 Å². The molecule has 0 bridgehead atoms. The lowest BCUT2D eigenvalue weighted by molar-refractivity contribution is -0.158. The minimum atomic E-state index is -1.38. The van der Waals surface area contributed by atoms with Crippen LogP contribution in [0, 0.1) is 17.3 Å². The molecule has 8 nitrogen and oxygen atoms in total. The van der Waals surface area contributed by atoms with Crippen molar-refractivity contribution >= 4 is 17.8 Å². The Morgan fingerprint density at radius 3 is 2.44 bits per heavy atom. The van der Waals surface area contributed by atoms with Crippen LogP contribution in [0.25, 0.3) is 0 Å². The Morgan fingerprint density at radius 1 is 1.02 bits per heavy atom. The number of benzene rings is 1. The van der Waals surface area contributed by atoms with Gasteiger partial charge in [0.15, 0.2) is 0 Å². The fraction of sp³-hybridized carbons (Fsp3) is 0.606. The molecule has 6 atom stereocenters. The highest BCUT2D eigenvalue weighted by atomic mass is 16.6. The molecule has 2 saturated heterocycles. The first-order valence-electron chi connectivity index (χ1n) is 14.9. The van der Waals surface area contributed by atoms with E-state index in [4.69, 9.17) is 9.47 Å². The predicted molar refractivity (Wildman–Crippen MR) is 154 cm³/mol. The van der Waals surface area contributed by atoms with Crippen LogP contribution in [0.4, 0.5) is 0 Å². The number of aliphatic hydroxyl groups excluding tert-OH is 1. The molecule has 2 amide bonds. The zero-order valence-corrected chi connectivity index (χ0v) is 24.9. The van der Waals surface area contributed by atoms with Crippen LogP contribution in [-0.2, 0) is 23.9 Å². The van der Waals surface area contributed by atoms with Crippen LogP contribution in [0.3, 0.4) is 0 Å². The number of allylic oxidation sites excluding steroid dienone is 1. The topological polar surface area (TPSA) is 96.4 Å². The second kappa shape index (κ2) is 11.0. The number of ether oxygens (including phenoxy) is 2. The largest absolute Gasteiger partial charge is 0.465 e. The number of cyclic esters (lactones) is 1. The summed E-state index contributed by atoms with van der Waals surface area (Å²) in [6.45, 7) is 10.8. The molecule has 4 aliphatic heterocycles. The van der Waals surface area contributed by atoms with Crippen LogP contribution in [0.1, 0.15) is 71.9 Å². The summed E-state index contributed by atoms with van der Waals surface area (Å²) in [4.78, 5) is 46.4. The van der Waals surface area contributed by atoms with Crippen molar-refractivity contribution in [3.8, 4) is 0 Å². The van der Waals surface area contributed by atoms with E-state index in [1.165, 1.54) is 4.90 Å². The number of likely N-dealkylation sites (tertiary alicyclic amines) is 1. The van der Waals surface area contributed by atoms with Gasteiger partial charge in [0.1, 0.15) is 17.6 Å². The number of hydrogen-bond acceptors (Lipinski definition) is 6. The number of carbonyl (C=O) groups is 3. The third kappa shape index (κ3) is 5.25. The fourth-order valence-electron chi connectivity index (χ4n) is 7.66. The molecule has 5 rings (SSSR count). The SMILES string of the molecule is CC(C)(C)CC(C)(C)N1CC=C[C@]23O[C@@H]4/C=C\CCCCOC(=O)[C@@H]4[C@H]2C(=O)N([C@H](CO)c2ccccc2)C3C1=O. The van der Waals surface area contributed by atoms with Crippen LogP contribution in [0.5, 0.6) is 0 Å². The molecule has 2 fully saturated rings. The Balaban J connectivity index is 1.66. The van der Waals surface area contributed by atoms with Crippen molar-refractivity contribution in [3.05, 3.63) is 60.2 Å². The Bertz CT molecular complexity index is 1220. The van der Waals surface area contributed by atoms with Gasteiger partial charge in [0, 0.05) is 12.1 Å². The van der Waals surface area contributed by atoms with Crippen LogP contribution >= 0.6 is 0 Å². The van der Waals surface area contributed by atoms with E-state index < -0.39 is 47.1 Å². The molecule has 0 radical (unpaired) electrons. The number of nitrogens with zero attached hydrogens (tertiary/aromatic N) is 2. The van der Waals surface area contributed by atoms with Crippen LogP contribution in [0.15, 0.2) is 54.6 Å². The number of carbonyl (C=O) groups excluding carboxylic acids is 3. The smallest absolute Gasteiger partial charge is 0.312 e. The summed E-state index contributed by atoms with van der Waals surface area (Å²) in [6.07, 6.45) is 10.1. The van der Waals surface area contributed by atoms with Crippen LogP contribution in [-0.4, -0.2) is 75.7 Å². The maximum Gasteiger partial charge on any atom is 0.312 e. The van der Waals surface area contributed by atoms with Gasteiger partial charge in [-0.2, -0.15) is 0 Å². The minimum Gasteiger partial charge on any atom is -0.465 e. The third-order valence-electron chi connectivity index (χ3n) is 8.93. The molecule has 1 N–H and O–H groups in total. The standard InChI is InChI=1S/C33H44N2O6/c1-31(2,3)21-32(4,5)34-18-13-17-33-26(25-24(41-33)16-11-6-7-12-19-40-30(25)39)28(37)35(27(33)29(34)38)23(20-36)22-14-9-8-10-15-22/h8-11,13-17,23-27,36H,6-7,12,18-21H2,1-5H3/b16-11-/t23-,24-,25+,26+,27?,33+/m1/s1. The lowest BCUT2D eigenvalue weighted by atomic mass is 9.77. The van der Waals surface area contributed by atoms with Gasteiger partial charge in [-0.3, -0.25) is 14.4 Å². The Kier molecular flexibility index (Phi) is 7.94. The molecule has 1 spiro atoms. The zero-order chi connectivity index (χ0) is 29.6. The molecule has 222 valence electrons. The zero-order valence-electron chi connectivity index (χ0n) is 24.9. The van der Waals surface area contributed by atoms with Gasteiger partial charge in [-0.25, -0.2) is 0 Å². The van der Waals surface area contributed by atoms with Gasteiger partial charge in [0.25, 0.3) is 0 Å². The first-order valence-corrected chi connectivity index (χ1v) is 14.9. The second-order valence-corrected chi connectivity index (χ2v) is 13.7. The third-order valence-corrected chi connectivity index (χ3v) is 8.93. The quantitative estimate of drug-likeness (QED) is 0.426. The molecular weight excluding hydrogens is 520 g/mol. The number of esters is 1. The summed E-state index contributed by atoms with van der Waals surface area (Å²) < 4.78 is 12.4. The van der Waals surface area contributed by atoms with E-state index in [2.05, 4.69) is 34.6 Å². The van der Waals surface area contributed by atoms with E-state index in [9.17, 15) is 19.5 Å². The minimum absolute atomic E-state index is 0.0518. The molecule has 1 aromatic rings. The maximum absolute atomic E-state index is 14.8. The summed E-state index contributed by atoms with van der Waals surface area (Å²) >= 11 is 0. The van der Waals surface area contributed by atoms with Crippen molar-refractivity contribution in [1.29, 1.82) is 0 Å². The van der Waals surface area contributed by atoms with E-state index in [1.807, 2.05) is 59.5 Å². The van der Waals surface area contributed by atoms with E-state index >= 15 is 0 Å². The van der Waals surface area contributed by atoms with Crippen LogP contribution in [0.2, 0.25) is 0 Å².